The first-order chi connectivity index (χ1) is 8.66. The van der Waals surface area contributed by atoms with Gasteiger partial charge in [0.1, 0.15) is 17.0 Å². The maximum absolute atomic E-state index is 10.8. The van der Waals surface area contributed by atoms with Gasteiger partial charge in [0.15, 0.2) is 0 Å². The molecule has 18 heavy (non-hydrogen) atoms. The minimum absolute atomic E-state index is 0.608. The molecule has 1 aliphatic rings. The van der Waals surface area contributed by atoms with E-state index in [9.17, 15) is 9.90 Å². The van der Waals surface area contributed by atoms with Crippen LogP contribution in [0.1, 0.15) is 23.8 Å². The highest BCUT2D eigenvalue weighted by Gasteiger charge is 2.21. The number of carboxylic acid groups (broad SMARTS) is 1. The lowest BCUT2D eigenvalue weighted by Crippen LogP contribution is -2.38. The third-order valence-electron chi connectivity index (χ3n) is 3.21. The van der Waals surface area contributed by atoms with E-state index in [-0.39, 0.29) is 0 Å². The summed E-state index contributed by atoms with van der Waals surface area (Å²) in [4.78, 5) is 21.5. The zero-order valence-electron chi connectivity index (χ0n) is 9.90. The first kappa shape index (κ1) is 11.4. The van der Waals surface area contributed by atoms with E-state index in [1.54, 1.807) is 18.3 Å². The Labute approximate surface area is 108 Å². The van der Waals surface area contributed by atoms with Crippen molar-refractivity contribution in [3.63, 3.8) is 0 Å². The lowest BCUT2D eigenvalue weighted by molar-refractivity contribution is -0.306. The predicted octanol–water partition coefficient (Wildman–Crippen LogP) is 0.730. The molecule has 0 radical (unpaired) electrons. The number of hydrogen-bond acceptors (Lipinski definition) is 6. The smallest absolute Gasteiger partial charge is 0.138 e. The normalized spacial score (nSPS) is 15.6. The van der Waals surface area contributed by atoms with Crippen LogP contribution >= 0.6 is 11.3 Å². The highest BCUT2D eigenvalue weighted by atomic mass is 32.1. The van der Waals surface area contributed by atoms with Crippen molar-refractivity contribution in [1.82, 2.24) is 9.97 Å². The minimum Gasteiger partial charge on any atom is -0.548 e. The topological polar surface area (TPSA) is 77.9 Å². The lowest BCUT2D eigenvalue weighted by Gasteiger charge is -2.15. The number of carbonyl (C=O) groups is 1. The summed E-state index contributed by atoms with van der Waals surface area (Å²) in [6, 6.07) is -0.764. The van der Waals surface area contributed by atoms with Crippen molar-refractivity contribution in [1.29, 1.82) is 0 Å². The van der Waals surface area contributed by atoms with E-state index in [1.165, 1.54) is 16.8 Å². The number of carbonyl (C=O) groups excluding carboxylic acids is 1. The van der Waals surface area contributed by atoms with Gasteiger partial charge in [-0.15, -0.1) is 11.3 Å². The summed E-state index contributed by atoms with van der Waals surface area (Å²) >= 11 is 1.68. The molecule has 0 spiro atoms. The number of thiophene rings is 1. The molecule has 2 heterocycles. The van der Waals surface area contributed by atoms with Crippen LogP contribution in [0.5, 0.6) is 0 Å². The number of aliphatic carboxylic acids is 1. The zero-order chi connectivity index (χ0) is 12.7. The van der Waals surface area contributed by atoms with Crippen molar-refractivity contribution < 1.29 is 9.90 Å². The molecule has 0 unspecified atom stereocenters. The molecule has 0 amide bonds. The Hall–Kier alpha value is -1.69. The predicted molar refractivity (Wildman–Crippen MR) is 67.5 cm³/mol. The van der Waals surface area contributed by atoms with Gasteiger partial charge >= 0.3 is 0 Å². The van der Waals surface area contributed by atoms with Crippen molar-refractivity contribution in [2.75, 3.05) is 5.32 Å². The Morgan fingerprint density at radius 3 is 3.11 bits per heavy atom. The van der Waals surface area contributed by atoms with Gasteiger partial charge in [0.25, 0.3) is 0 Å². The van der Waals surface area contributed by atoms with E-state index in [1.807, 2.05) is 0 Å². The van der Waals surface area contributed by atoms with Gasteiger partial charge in [-0.1, -0.05) is 0 Å². The molecule has 1 N–H and O–H groups in total. The summed E-state index contributed by atoms with van der Waals surface area (Å²) in [6.07, 6.45) is 4.74. The van der Waals surface area contributed by atoms with Crippen LogP contribution in [0.25, 0.3) is 10.2 Å². The molecule has 2 aromatic heterocycles. The summed E-state index contributed by atoms with van der Waals surface area (Å²) in [5.74, 6) is -0.523. The highest BCUT2D eigenvalue weighted by Crippen LogP contribution is 2.39. The second-order valence-corrected chi connectivity index (χ2v) is 5.53. The molecule has 0 aromatic carbocycles. The van der Waals surface area contributed by atoms with Crippen molar-refractivity contribution in [2.24, 2.45) is 0 Å². The first-order valence-corrected chi connectivity index (χ1v) is 6.71. The molecule has 3 rings (SSSR count). The van der Waals surface area contributed by atoms with Gasteiger partial charge in [-0.2, -0.15) is 0 Å². The minimum atomic E-state index is -1.13. The van der Waals surface area contributed by atoms with Crippen molar-refractivity contribution in [3.05, 3.63) is 16.8 Å². The molecular formula is C12H12N3O2S-. The van der Waals surface area contributed by atoms with Crippen LogP contribution in [0, 0.1) is 0 Å². The number of aryl methyl sites for hydroxylation is 2. The number of anilines is 1. The molecule has 1 aliphatic carbocycles. The van der Waals surface area contributed by atoms with Gasteiger partial charge < -0.3 is 15.2 Å². The van der Waals surface area contributed by atoms with Gasteiger partial charge in [-0.05, 0) is 31.7 Å². The molecule has 2 aromatic rings. The third-order valence-corrected chi connectivity index (χ3v) is 4.41. The molecule has 0 aliphatic heterocycles. The van der Waals surface area contributed by atoms with Crippen LogP contribution < -0.4 is 10.4 Å². The van der Waals surface area contributed by atoms with E-state index in [0.29, 0.717) is 5.82 Å². The van der Waals surface area contributed by atoms with Crippen LogP contribution in [-0.2, 0) is 17.6 Å². The first-order valence-electron chi connectivity index (χ1n) is 5.89. The number of aromatic nitrogens is 2. The number of fused-ring (bicyclic) bond motifs is 3. The summed E-state index contributed by atoms with van der Waals surface area (Å²) in [7, 11) is 0. The number of hydrogen-bond donors (Lipinski definition) is 1. The Bertz CT molecular complexity index is 623. The molecule has 94 valence electrons. The summed E-state index contributed by atoms with van der Waals surface area (Å²) < 4.78 is 0. The number of rotatable bonds is 3. The molecule has 6 heteroatoms. The highest BCUT2D eigenvalue weighted by molar-refractivity contribution is 7.19. The number of nitrogens with one attached hydrogen (secondary N) is 1. The van der Waals surface area contributed by atoms with Gasteiger partial charge in [0.05, 0.1) is 17.4 Å². The van der Waals surface area contributed by atoms with Crippen LogP contribution in [0.15, 0.2) is 6.33 Å². The fourth-order valence-corrected chi connectivity index (χ4v) is 3.53. The van der Waals surface area contributed by atoms with E-state index >= 15 is 0 Å². The maximum atomic E-state index is 10.8. The molecule has 0 bridgehead atoms. The molecule has 0 fully saturated rings. The second-order valence-electron chi connectivity index (χ2n) is 4.44. The van der Waals surface area contributed by atoms with Crippen molar-refractivity contribution >= 4 is 33.3 Å². The van der Waals surface area contributed by atoms with E-state index < -0.39 is 12.0 Å². The number of nitrogens with zero attached hydrogens (tertiary/aromatic N) is 2. The monoisotopic (exact) mass is 262 g/mol. The van der Waals surface area contributed by atoms with Crippen molar-refractivity contribution in [2.45, 2.75) is 32.2 Å². The average Bonchev–Trinajstić information content (AvgIpc) is 2.88. The van der Waals surface area contributed by atoms with Gasteiger partial charge in [0, 0.05) is 4.88 Å². The largest absolute Gasteiger partial charge is 0.548 e. The SMILES string of the molecule is C[C@H](Nc1ncnc2sc3c(c12)CCC3)C(=O)[O-]. The van der Waals surface area contributed by atoms with Crippen LogP contribution in [0.4, 0.5) is 5.82 Å². The lowest BCUT2D eigenvalue weighted by atomic mass is 10.2. The van der Waals surface area contributed by atoms with Crippen LogP contribution in [0.3, 0.4) is 0 Å². The van der Waals surface area contributed by atoms with Crippen molar-refractivity contribution in [3.8, 4) is 0 Å². The Kier molecular flexibility index (Phi) is 2.66. The zero-order valence-corrected chi connectivity index (χ0v) is 10.7. The maximum Gasteiger partial charge on any atom is 0.138 e. The van der Waals surface area contributed by atoms with Crippen LogP contribution in [-0.4, -0.2) is 22.0 Å². The Morgan fingerprint density at radius 1 is 1.50 bits per heavy atom. The van der Waals surface area contributed by atoms with Gasteiger partial charge in [-0.3, -0.25) is 0 Å². The Balaban J connectivity index is 2.09. The quantitative estimate of drug-likeness (QED) is 0.882. The molecule has 0 saturated heterocycles. The summed E-state index contributed by atoms with van der Waals surface area (Å²) in [6.45, 7) is 1.55. The molecular weight excluding hydrogens is 250 g/mol. The third kappa shape index (κ3) is 1.73. The van der Waals surface area contributed by atoms with E-state index in [4.69, 9.17) is 0 Å². The van der Waals surface area contributed by atoms with Crippen LogP contribution in [0.2, 0.25) is 0 Å². The fraction of sp³-hybridized carbons (Fsp3) is 0.417. The standard InChI is InChI=1S/C12H13N3O2S/c1-6(12(16)17)15-10-9-7-3-2-4-8(7)18-11(9)14-5-13-10/h5-6H,2-4H2,1H3,(H,16,17)(H,13,14,15)/p-1/t6-/m0/s1. The summed E-state index contributed by atoms with van der Waals surface area (Å²) in [5.41, 5.74) is 1.28. The molecule has 1 atom stereocenters. The Morgan fingerprint density at radius 2 is 2.33 bits per heavy atom. The second kappa shape index (κ2) is 4.20. The van der Waals surface area contributed by atoms with Gasteiger partial charge in [-0.25, -0.2) is 9.97 Å². The fourth-order valence-electron chi connectivity index (χ4n) is 2.30. The number of carboxylic acids is 1. The molecule has 0 saturated carbocycles. The van der Waals surface area contributed by atoms with E-state index in [0.717, 1.165) is 29.5 Å². The van der Waals surface area contributed by atoms with E-state index in [2.05, 4.69) is 15.3 Å². The molecule has 5 nitrogen and oxygen atoms in total. The summed E-state index contributed by atoms with van der Waals surface area (Å²) in [5, 5.41) is 14.7. The average molecular weight is 262 g/mol. The van der Waals surface area contributed by atoms with Gasteiger partial charge in [0.2, 0.25) is 0 Å².